The molecule has 0 saturated heterocycles. The molecule has 3 unspecified atom stereocenters. The van der Waals surface area contributed by atoms with Gasteiger partial charge in [0.1, 0.15) is 0 Å². The molecule has 3 saturated carbocycles. The summed E-state index contributed by atoms with van der Waals surface area (Å²) in [5.41, 5.74) is 10.5. The zero-order chi connectivity index (χ0) is 34.0. The Morgan fingerprint density at radius 3 is 1.92 bits per heavy atom. The summed E-state index contributed by atoms with van der Waals surface area (Å²) in [6, 6.07) is 9.56. The van der Waals surface area contributed by atoms with Gasteiger partial charge in [-0.15, -0.1) is 24.8 Å². The molecule has 0 N–H and O–H groups in total. The summed E-state index contributed by atoms with van der Waals surface area (Å²) >= 11 is -4.38. The maximum atomic E-state index is 6.24. The third-order valence-corrected chi connectivity index (χ3v) is 40.0. The molecule has 0 heterocycles. The summed E-state index contributed by atoms with van der Waals surface area (Å²) in [6.45, 7) is 22.2. The van der Waals surface area contributed by atoms with Gasteiger partial charge in [-0.1, -0.05) is 0 Å². The molecule has 7 aliphatic rings. The minimum atomic E-state index is -4.38. The van der Waals surface area contributed by atoms with E-state index >= 15 is 0 Å². The first-order chi connectivity index (χ1) is 22.6. The maximum absolute atomic E-state index is 6.24. The fraction of sp³-hybridized carbons (Fsp3) is 0.638. The second-order valence-corrected chi connectivity index (χ2v) is 35.8. The van der Waals surface area contributed by atoms with Crippen molar-refractivity contribution in [2.75, 3.05) is 0 Å². The number of benzene rings is 1. The number of rotatable bonds is 6. The molecule has 7 aliphatic carbocycles. The molecule has 0 aliphatic heterocycles. The van der Waals surface area contributed by atoms with Crippen LogP contribution in [-0.4, -0.2) is 4.21 Å². The molecule has 0 radical (unpaired) electrons. The second kappa shape index (κ2) is 12.7. The number of halogens is 2. The van der Waals surface area contributed by atoms with Crippen LogP contribution in [-0.2, 0) is 24.7 Å². The number of fused-ring (bicyclic) bond motifs is 6. The molecule has 3 heteroatoms. The van der Waals surface area contributed by atoms with Gasteiger partial charge < -0.3 is 0 Å². The Morgan fingerprint density at radius 2 is 1.34 bits per heavy atom. The van der Waals surface area contributed by atoms with Crippen LogP contribution in [0.5, 0.6) is 0 Å². The molecule has 1 aromatic carbocycles. The Kier molecular flexibility index (Phi) is 9.86. The van der Waals surface area contributed by atoms with Gasteiger partial charge >= 0.3 is 297 Å². The molecular formula is C47H68Cl2Zr. The van der Waals surface area contributed by atoms with Gasteiger partial charge in [0.2, 0.25) is 0 Å². The van der Waals surface area contributed by atoms with Crippen molar-refractivity contribution in [1.29, 1.82) is 0 Å². The van der Waals surface area contributed by atoms with Gasteiger partial charge in [0.05, 0.1) is 0 Å². The molecule has 0 aromatic heterocycles. The fourth-order valence-electron chi connectivity index (χ4n) is 14.9. The zero-order valence-electron chi connectivity index (χ0n) is 32.9. The number of hydrogen-bond donors (Lipinski definition) is 0. The molecule has 3 fully saturated rings. The number of hydrogen-bond acceptors (Lipinski definition) is 0. The van der Waals surface area contributed by atoms with Crippen LogP contribution >= 0.6 is 24.8 Å². The molecule has 3 atom stereocenters. The van der Waals surface area contributed by atoms with Crippen molar-refractivity contribution in [1.82, 2.24) is 0 Å². The summed E-state index contributed by atoms with van der Waals surface area (Å²) in [4.78, 5) is 0. The van der Waals surface area contributed by atoms with E-state index in [1.54, 1.807) is 27.8 Å². The monoisotopic (exact) mass is 792 g/mol. The quantitative estimate of drug-likeness (QED) is 0.269. The molecule has 50 heavy (non-hydrogen) atoms. The molecule has 0 amide bonds. The van der Waals surface area contributed by atoms with Gasteiger partial charge in [-0.2, -0.15) is 0 Å². The summed E-state index contributed by atoms with van der Waals surface area (Å²) in [7, 11) is 0. The van der Waals surface area contributed by atoms with E-state index in [0.29, 0.717) is 5.92 Å². The first kappa shape index (κ1) is 39.0. The van der Waals surface area contributed by atoms with Crippen molar-refractivity contribution in [2.24, 2.45) is 39.4 Å². The average molecular weight is 795 g/mol. The van der Waals surface area contributed by atoms with Crippen molar-refractivity contribution in [3.63, 3.8) is 0 Å². The van der Waals surface area contributed by atoms with Gasteiger partial charge in [0.15, 0.2) is 0 Å². The predicted octanol–water partition coefficient (Wildman–Crippen LogP) is 14.6. The van der Waals surface area contributed by atoms with Gasteiger partial charge in [-0.3, -0.25) is 0 Å². The Balaban J connectivity index is 0.00000216. The van der Waals surface area contributed by atoms with Crippen LogP contribution in [0.4, 0.5) is 0 Å². The Bertz CT molecular complexity index is 1740. The van der Waals surface area contributed by atoms with Crippen molar-refractivity contribution in [3.05, 3.63) is 85.8 Å². The van der Waals surface area contributed by atoms with Crippen LogP contribution < -0.4 is 0 Å². The van der Waals surface area contributed by atoms with Crippen LogP contribution in [0.3, 0.4) is 0 Å². The van der Waals surface area contributed by atoms with E-state index in [1.807, 2.05) is 8.85 Å². The summed E-state index contributed by atoms with van der Waals surface area (Å²) in [5, 5.41) is 0. The van der Waals surface area contributed by atoms with Crippen molar-refractivity contribution in [3.8, 4) is 0 Å². The average Bonchev–Trinajstić information content (AvgIpc) is 3.88. The second-order valence-electron chi connectivity index (χ2n) is 20.2. The summed E-state index contributed by atoms with van der Waals surface area (Å²) < 4.78 is 11.1. The van der Waals surface area contributed by atoms with E-state index in [9.17, 15) is 0 Å². The molecule has 1 aromatic rings. The normalized spacial score (nSPS) is 32.6. The Hall–Kier alpha value is -0.747. The summed E-state index contributed by atoms with van der Waals surface area (Å²) in [5.74, 6) is 2.26. The minimum absolute atomic E-state index is 0. The van der Waals surface area contributed by atoms with Crippen molar-refractivity contribution >= 4 is 34.6 Å². The molecule has 0 bridgehead atoms. The first-order valence-electron chi connectivity index (χ1n) is 20.3. The van der Waals surface area contributed by atoms with Crippen molar-refractivity contribution in [2.45, 2.75) is 144 Å². The third kappa shape index (κ3) is 4.60. The van der Waals surface area contributed by atoms with E-state index in [0.717, 1.165) is 18.3 Å². The molecule has 8 rings (SSSR count). The number of allylic oxidation sites excluding steroid dienone is 10. The Morgan fingerprint density at radius 1 is 0.740 bits per heavy atom. The SMILES string of the molecule is Cl.Cl.[CH2]=[Zr]([CH2]C1CCCC1)([CH2]C1CCCC1)([C]1=CC=CC1)[C]1(C)C2=C3Cc4ccccc4C3=C3C=CCCC3C2(C)C(C)(C)C(C)(C)C1(C)C. The van der Waals surface area contributed by atoms with Gasteiger partial charge in [-0.05, 0) is 0 Å². The van der Waals surface area contributed by atoms with Gasteiger partial charge in [-0.25, -0.2) is 0 Å². The molecule has 0 spiro atoms. The zero-order valence-corrected chi connectivity index (χ0v) is 36.9. The van der Waals surface area contributed by atoms with E-state index < -0.39 is 18.3 Å². The van der Waals surface area contributed by atoms with Gasteiger partial charge in [0, 0.05) is 0 Å². The molecular weight excluding hydrogens is 727 g/mol. The standard InChI is InChI=1S/C29H37.2C6H11.C5H5.CH2.2ClH.Zr/c1-18-25-22-17-19-13-9-10-14-20(19)24(22)21-15-11-12-16-23(21)29(25,8)28(6,7)27(4,5)26(18,2)3;2*1-6-4-2-3-5-6;1-2-4-5-3-1;;;;/h9-11,13-15,23H,12,16-17H2,1-8H3;2*6H,1-5H2;1-3H,4H2;1H2;2*1H;. The van der Waals surface area contributed by atoms with E-state index in [-0.39, 0.29) is 49.6 Å². The molecule has 274 valence electrons. The van der Waals surface area contributed by atoms with E-state index in [1.165, 1.54) is 78.9 Å². The summed E-state index contributed by atoms with van der Waals surface area (Å²) in [6.07, 6.45) is 29.0. The van der Waals surface area contributed by atoms with Crippen molar-refractivity contribution < 1.29 is 18.3 Å². The van der Waals surface area contributed by atoms with E-state index in [2.05, 4.69) is 110 Å². The van der Waals surface area contributed by atoms with Crippen LogP contribution in [0.25, 0.3) is 5.57 Å². The van der Waals surface area contributed by atoms with Crippen LogP contribution in [0.1, 0.15) is 137 Å². The topological polar surface area (TPSA) is 0 Å². The third-order valence-electron chi connectivity index (χ3n) is 18.7. The molecule has 0 nitrogen and oxygen atoms in total. The van der Waals surface area contributed by atoms with Crippen LogP contribution in [0.2, 0.25) is 11.4 Å². The Labute approximate surface area is 319 Å². The van der Waals surface area contributed by atoms with Crippen LogP contribution in [0, 0.1) is 39.4 Å². The van der Waals surface area contributed by atoms with E-state index in [4.69, 9.17) is 4.21 Å². The first-order valence-corrected chi connectivity index (χ1v) is 27.9. The predicted molar refractivity (Wildman–Crippen MR) is 221 cm³/mol. The van der Waals surface area contributed by atoms with Crippen LogP contribution in [0.15, 0.2) is 74.6 Å². The van der Waals surface area contributed by atoms with Gasteiger partial charge in [0.25, 0.3) is 0 Å². The fourth-order valence-corrected chi connectivity index (χ4v) is 39.4.